The highest BCUT2D eigenvalue weighted by molar-refractivity contribution is 6.06. The highest BCUT2D eigenvalue weighted by Crippen LogP contribution is 2.26. The number of piperidine rings is 1. The molecule has 1 fully saturated rings. The molecule has 0 aromatic rings. The lowest BCUT2D eigenvalue weighted by atomic mass is 9.84. The lowest BCUT2D eigenvalue weighted by Gasteiger charge is -2.39. The van der Waals surface area contributed by atoms with Crippen molar-refractivity contribution < 1.29 is 10.0 Å². The summed E-state index contributed by atoms with van der Waals surface area (Å²) in [5, 5.41) is 11.9. The van der Waals surface area contributed by atoms with Crippen molar-refractivity contribution in [2.45, 2.75) is 39.2 Å². The second-order valence-corrected chi connectivity index (χ2v) is 5.65. The summed E-state index contributed by atoms with van der Waals surface area (Å²) in [4.78, 5) is 16.6. The fourth-order valence-electron chi connectivity index (χ4n) is 2.56. The number of oxime groups is 1. The second kappa shape index (κ2) is 6.23. The fraction of sp³-hybridized carbons (Fsp3) is 0.846. The van der Waals surface area contributed by atoms with Crippen LogP contribution < -0.4 is 5.73 Å². The van der Waals surface area contributed by atoms with Crippen LogP contribution in [-0.4, -0.2) is 60.0 Å². The summed E-state index contributed by atoms with van der Waals surface area (Å²) in [5.74, 6) is -0.0957. The molecule has 6 nitrogen and oxygen atoms in total. The zero-order valence-electron chi connectivity index (χ0n) is 12.4. The van der Waals surface area contributed by atoms with Crippen LogP contribution in [0.15, 0.2) is 5.16 Å². The van der Waals surface area contributed by atoms with Crippen LogP contribution in [0.4, 0.5) is 0 Å². The Bertz CT molecular complexity index is 359. The van der Waals surface area contributed by atoms with E-state index in [-0.39, 0.29) is 17.8 Å². The predicted octanol–water partition coefficient (Wildman–Crippen LogP) is 0.702. The number of hydrogen-bond donors (Lipinski definition) is 2. The number of nitrogens with zero attached hydrogens (tertiary/aromatic N) is 3. The molecule has 2 atom stereocenters. The van der Waals surface area contributed by atoms with Gasteiger partial charge in [-0.3, -0.25) is 4.79 Å². The number of amides is 1. The molecule has 1 heterocycles. The lowest BCUT2D eigenvalue weighted by Crippen LogP contribution is -2.54. The quantitative estimate of drug-likeness (QED) is 0.341. The van der Waals surface area contributed by atoms with Gasteiger partial charge >= 0.3 is 0 Å². The van der Waals surface area contributed by atoms with Crippen LogP contribution in [-0.2, 0) is 4.79 Å². The fourth-order valence-corrected chi connectivity index (χ4v) is 2.56. The molecule has 1 rings (SSSR count). The maximum Gasteiger partial charge on any atom is 0.236 e. The number of carbonyl (C=O) groups excluding carboxylic acids is 1. The number of nitrogens with two attached hydrogens (primary N) is 1. The van der Waals surface area contributed by atoms with Gasteiger partial charge in [-0.25, -0.2) is 0 Å². The molecule has 19 heavy (non-hydrogen) atoms. The zero-order chi connectivity index (χ0) is 14.6. The largest absolute Gasteiger partial charge is 0.409 e. The molecule has 110 valence electrons. The first-order valence-corrected chi connectivity index (χ1v) is 6.80. The molecule has 0 aliphatic carbocycles. The van der Waals surface area contributed by atoms with E-state index in [1.165, 1.54) is 0 Å². The normalized spacial score (nSPS) is 24.8. The molecule has 0 aromatic carbocycles. The predicted molar refractivity (Wildman–Crippen MR) is 75.1 cm³/mol. The molecule has 1 aliphatic heterocycles. The van der Waals surface area contributed by atoms with Crippen molar-refractivity contribution in [3.8, 4) is 0 Å². The minimum Gasteiger partial charge on any atom is -0.409 e. The van der Waals surface area contributed by atoms with Gasteiger partial charge in [0.25, 0.3) is 0 Å². The topological polar surface area (TPSA) is 82.2 Å². The van der Waals surface area contributed by atoms with E-state index in [0.29, 0.717) is 6.42 Å². The lowest BCUT2D eigenvalue weighted by molar-refractivity contribution is -0.139. The average Bonchev–Trinajstić information content (AvgIpc) is 2.43. The maximum atomic E-state index is 12.6. The van der Waals surface area contributed by atoms with E-state index < -0.39 is 5.41 Å². The molecule has 1 amide bonds. The van der Waals surface area contributed by atoms with Gasteiger partial charge in [-0.1, -0.05) is 12.1 Å². The van der Waals surface area contributed by atoms with E-state index in [1.807, 2.05) is 14.0 Å². The molecule has 0 bridgehead atoms. The Morgan fingerprint density at radius 2 is 2.26 bits per heavy atom. The van der Waals surface area contributed by atoms with Crippen molar-refractivity contribution in [3.63, 3.8) is 0 Å². The van der Waals surface area contributed by atoms with Crippen LogP contribution in [0.1, 0.15) is 33.1 Å². The molecule has 0 aromatic heterocycles. The first-order valence-electron chi connectivity index (χ1n) is 6.80. The van der Waals surface area contributed by atoms with Gasteiger partial charge in [0.2, 0.25) is 5.91 Å². The third kappa shape index (κ3) is 3.18. The first-order chi connectivity index (χ1) is 8.86. The maximum absolute atomic E-state index is 12.6. The van der Waals surface area contributed by atoms with Crippen molar-refractivity contribution in [2.24, 2.45) is 16.3 Å². The van der Waals surface area contributed by atoms with Crippen LogP contribution in [0.5, 0.6) is 0 Å². The van der Waals surface area contributed by atoms with Crippen molar-refractivity contribution in [3.05, 3.63) is 0 Å². The Balaban J connectivity index is 2.85. The minimum atomic E-state index is -0.931. The molecular weight excluding hydrogens is 244 g/mol. The first kappa shape index (κ1) is 15.8. The van der Waals surface area contributed by atoms with Gasteiger partial charge in [0.05, 0.1) is 0 Å². The number of likely N-dealkylation sites (tertiary alicyclic amines) is 1. The van der Waals surface area contributed by atoms with Crippen molar-refractivity contribution in [2.75, 3.05) is 27.2 Å². The van der Waals surface area contributed by atoms with Gasteiger partial charge in [0.15, 0.2) is 5.84 Å². The summed E-state index contributed by atoms with van der Waals surface area (Å²) in [6, 6.07) is 0.198. The number of rotatable bonds is 4. The van der Waals surface area contributed by atoms with E-state index in [2.05, 4.69) is 17.1 Å². The van der Waals surface area contributed by atoms with Crippen LogP contribution in [0, 0.1) is 5.41 Å². The Hall–Kier alpha value is -1.30. The summed E-state index contributed by atoms with van der Waals surface area (Å²) in [5.41, 5.74) is 4.77. The third-order valence-electron chi connectivity index (χ3n) is 4.32. The standard InChI is InChI=1S/C13H26N4O2/c1-5-13(2,11(14)15-19)12(18)17(4)10-7-6-8-16(3)9-10/h10,19H,5-9H2,1-4H3,(H2,14,15). The second-order valence-electron chi connectivity index (χ2n) is 5.65. The summed E-state index contributed by atoms with van der Waals surface area (Å²) in [7, 11) is 3.87. The molecule has 3 N–H and O–H groups in total. The number of likely N-dealkylation sites (N-methyl/N-ethyl adjacent to an activating group) is 2. The van der Waals surface area contributed by atoms with Crippen molar-refractivity contribution in [1.29, 1.82) is 0 Å². The van der Waals surface area contributed by atoms with Gasteiger partial charge in [0.1, 0.15) is 5.41 Å². The molecule has 1 aliphatic rings. The van der Waals surface area contributed by atoms with Gasteiger partial charge in [-0.15, -0.1) is 0 Å². The molecule has 0 saturated carbocycles. The smallest absolute Gasteiger partial charge is 0.236 e. The third-order valence-corrected chi connectivity index (χ3v) is 4.32. The Morgan fingerprint density at radius 1 is 1.63 bits per heavy atom. The Morgan fingerprint density at radius 3 is 2.74 bits per heavy atom. The SMILES string of the molecule is CCC(C)(C(=O)N(C)C1CCCN(C)C1)C(N)=NO. The van der Waals surface area contributed by atoms with Gasteiger partial charge in [-0.2, -0.15) is 0 Å². The van der Waals surface area contributed by atoms with Crippen LogP contribution in [0.3, 0.4) is 0 Å². The van der Waals surface area contributed by atoms with Crippen LogP contribution >= 0.6 is 0 Å². The summed E-state index contributed by atoms with van der Waals surface area (Å²) in [6.45, 7) is 5.55. The molecule has 0 spiro atoms. The van der Waals surface area contributed by atoms with Crippen LogP contribution in [0.2, 0.25) is 0 Å². The molecule has 0 radical (unpaired) electrons. The van der Waals surface area contributed by atoms with Crippen molar-refractivity contribution in [1.82, 2.24) is 9.80 Å². The van der Waals surface area contributed by atoms with Gasteiger partial charge in [0, 0.05) is 19.6 Å². The monoisotopic (exact) mass is 270 g/mol. The average molecular weight is 270 g/mol. The van der Waals surface area contributed by atoms with Crippen LogP contribution in [0.25, 0.3) is 0 Å². The Kier molecular flexibility index (Phi) is 5.17. The summed E-state index contributed by atoms with van der Waals surface area (Å²) >= 11 is 0. The van der Waals surface area contributed by atoms with E-state index in [4.69, 9.17) is 10.9 Å². The highest BCUT2D eigenvalue weighted by Gasteiger charge is 2.40. The van der Waals surface area contributed by atoms with Gasteiger partial charge < -0.3 is 20.7 Å². The summed E-state index contributed by atoms with van der Waals surface area (Å²) < 4.78 is 0. The zero-order valence-corrected chi connectivity index (χ0v) is 12.4. The minimum absolute atomic E-state index is 0.0176. The number of amidine groups is 1. The van der Waals surface area contributed by atoms with Crippen molar-refractivity contribution >= 4 is 11.7 Å². The summed E-state index contributed by atoms with van der Waals surface area (Å²) in [6.07, 6.45) is 2.60. The van der Waals surface area contributed by atoms with E-state index >= 15 is 0 Å². The van der Waals surface area contributed by atoms with E-state index in [1.54, 1.807) is 11.8 Å². The van der Waals surface area contributed by atoms with Gasteiger partial charge in [-0.05, 0) is 39.8 Å². The molecule has 1 saturated heterocycles. The molecule has 6 heteroatoms. The highest BCUT2D eigenvalue weighted by atomic mass is 16.4. The molecular formula is C13H26N4O2. The van der Waals surface area contributed by atoms with E-state index in [0.717, 1.165) is 25.9 Å². The number of hydrogen-bond acceptors (Lipinski definition) is 4. The Labute approximate surface area is 115 Å². The van der Waals surface area contributed by atoms with E-state index in [9.17, 15) is 4.79 Å². The molecule has 2 unspecified atom stereocenters. The number of carbonyl (C=O) groups is 1.